The maximum Gasteiger partial charge on any atom is 0.252 e. The van der Waals surface area contributed by atoms with Gasteiger partial charge in [0.15, 0.2) is 0 Å². The number of carbonyl (C=O) groups excluding carboxylic acids is 1. The zero-order chi connectivity index (χ0) is 18.1. The van der Waals surface area contributed by atoms with E-state index in [1.54, 1.807) is 6.20 Å². The molecule has 25 heavy (non-hydrogen) atoms. The van der Waals surface area contributed by atoms with E-state index in [0.29, 0.717) is 19.0 Å². The molecule has 1 fully saturated rings. The molecular formula is C20H25N3O2. The Balaban J connectivity index is 1.95. The zero-order valence-electron chi connectivity index (χ0n) is 14.5. The van der Waals surface area contributed by atoms with Gasteiger partial charge in [-0.2, -0.15) is 0 Å². The molecule has 5 heteroatoms. The van der Waals surface area contributed by atoms with E-state index in [1.807, 2.05) is 12.1 Å². The van der Waals surface area contributed by atoms with Crippen LogP contribution >= 0.6 is 0 Å². The summed E-state index contributed by atoms with van der Waals surface area (Å²) in [5.41, 5.74) is 0.721. The van der Waals surface area contributed by atoms with E-state index in [2.05, 4.69) is 21.7 Å². The third kappa shape index (κ3) is 5.52. The Kier molecular flexibility index (Phi) is 7.32. The summed E-state index contributed by atoms with van der Waals surface area (Å²) in [6, 6.07) is 4.00. The van der Waals surface area contributed by atoms with Crippen molar-refractivity contribution in [1.82, 2.24) is 14.8 Å². The Morgan fingerprint density at radius 3 is 2.76 bits per heavy atom. The van der Waals surface area contributed by atoms with Gasteiger partial charge in [-0.05, 0) is 31.9 Å². The highest BCUT2D eigenvalue weighted by Gasteiger charge is 2.24. The number of H-pyrrole nitrogens is 1. The molecule has 0 bridgehead atoms. The predicted molar refractivity (Wildman–Crippen MR) is 98.6 cm³/mol. The van der Waals surface area contributed by atoms with Crippen molar-refractivity contribution in [3.8, 4) is 24.7 Å². The normalized spacial score (nSPS) is 17.4. The fourth-order valence-corrected chi connectivity index (χ4v) is 3.30. The first kappa shape index (κ1) is 18.8. The highest BCUT2D eigenvalue weighted by molar-refractivity contribution is 5.76. The SMILES string of the molecule is C#CCN(CC#C)C(=O)CCC1CCCCN1Cc1ccc[nH]c1=O. The van der Waals surface area contributed by atoms with Crippen molar-refractivity contribution in [1.29, 1.82) is 0 Å². The van der Waals surface area contributed by atoms with Gasteiger partial charge in [0, 0.05) is 30.8 Å². The molecule has 1 N–H and O–H groups in total. The molecule has 0 spiro atoms. The van der Waals surface area contributed by atoms with E-state index >= 15 is 0 Å². The number of piperidine rings is 1. The van der Waals surface area contributed by atoms with E-state index in [-0.39, 0.29) is 24.6 Å². The van der Waals surface area contributed by atoms with Crippen molar-refractivity contribution in [3.05, 3.63) is 34.2 Å². The maximum absolute atomic E-state index is 12.3. The molecule has 0 aliphatic carbocycles. The summed E-state index contributed by atoms with van der Waals surface area (Å²) in [5, 5.41) is 0. The van der Waals surface area contributed by atoms with Crippen molar-refractivity contribution in [3.63, 3.8) is 0 Å². The van der Waals surface area contributed by atoms with Crippen LogP contribution < -0.4 is 5.56 Å². The number of aromatic amines is 1. The van der Waals surface area contributed by atoms with Crippen molar-refractivity contribution in [2.24, 2.45) is 0 Å². The minimum Gasteiger partial charge on any atom is -0.329 e. The minimum atomic E-state index is -0.0443. The highest BCUT2D eigenvalue weighted by Crippen LogP contribution is 2.22. The molecule has 132 valence electrons. The predicted octanol–water partition coefficient (Wildman–Crippen LogP) is 1.60. The van der Waals surface area contributed by atoms with Crippen LogP contribution in [0.25, 0.3) is 0 Å². The lowest BCUT2D eigenvalue weighted by Crippen LogP contribution is -2.41. The summed E-state index contributed by atoms with van der Waals surface area (Å²) in [6.45, 7) is 2.06. The van der Waals surface area contributed by atoms with Crippen molar-refractivity contribution >= 4 is 5.91 Å². The van der Waals surface area contributed by atoms with Crippen LogP contribution in [-0.2, 0) is 11.3 Å². The number of nitrogens with one attached hydrogen (secondary N) is 1. The highest BCUT2D eigenvalue weighted by atomic mass is 16.2. The molecule has 2 rings (SSSR count). The minimum absolute atomic E-state index is 0.000943. The van der Waals surface area contributed by atoms with E-state index in [4.69, 9.17) is 12.8 Å². The van der Waals surface area contributed by atoms with Gasteiger partial charge in [-0.25, -0.2) is 0 Å². The Hall–Kier alpha value is -2.50. The number of amides is 1. The number of nitrogens with zero attached hydrogens (tertiary/aromatic N) is 2. The summed E-state index contributed by atoms with van der Waals surface area (Å²) < 4.78 is 0. The standard InChI is InChI=1S/C20H25N3O2/c1-3-13-22(14-4-2)19(24)11-10-18-9-5-6-15-23(18)16-17-8-7-12-21-20(17)25/h1-2,7-8,12,18H,5-6,9-11,13-16H2,(H,21,25). The molecule has 5 nitrogen and oxygen atoms in total. The first-order valence-electron chi connectivity index (χ1n) is 8.71. The van der Waals surface area contributed by atoms with Crippen LogP contribution in [0.5, 0.6) is 0 Å². The van der Waals surface area contributed by atoms with Gasteiger partial charge in [0.1, 0.15) is 0 Å². The number of terminal acetylenes is 2. The van der Waals surface area contributed by atoms with Gasteiger partial charge >= 0.3 is 0 Å². The molecule has 1 saturated heterocycles. The van der Waals surface area contributed by atoms with Crippen molar-refractivity contribution in [2.75, 3.05) is 19.6 Å². The van der Waals surface area contributed by atoms with Gasteiger partial charge in [0.05, 0.1) is 13.1 Å². The van der Waals surface area contributed by atoms with Crippen molar-refractivity contribution < 1.29 is 4.79 Å². The zero-order valence-corrected chi connectivity index (χ0v) is 14.5. The molecular weight excluding hydrogens is 314 g/mol. The quantitative estimate of drug-likeness (QED) is 0.768. The first-order chi connectivity index (χ1) is 12.2. The van der Waals surface area contributed by atoms with Crippen LogP contribution in [0.1, 0.15) is 37.7 Å². The molecule has 1 atom stereocenters. The second kappa shape index (κ2) is 9.71. The Bertz CT molecular complexity index is 695. The number of likely N-dealkylation sites (tertiary alicyclic amines) is 1. The van der Waals surface area contributed by atoms with Gasteiger partial charge in [0.2, 0.25) is 5.91 Å². The van der Waals surface area contributed by atoms with E-state index in [1.165, 1.54) is 4.90 Å². The molecule has 1 amide bonds. The van der Waals surface area contributed by atoms with E-state index < -0.39 is 0 Å². The maximum atomic E-state index is 12.3. The number of pyridine rings is 1. The topological polar surface area (TPSA) is 56.4 Å². The molecule has 0 saturated carbocycles. The molecule has 1 aliphatic heterocycles. The number of carbonyl (C=O) groups is 1. The summed E-state index contributed by atoms with van der Waals surface area (Å²) in [5.74, 6) is 4.96. The third-order valence-corrected chi connectivity index (χ3v) is 4.63. The fourth-order valence-electron chi connectivity index (χ4n) is 3.30. The molecule has 1 unspecified atom stereocenters. The summed E-state index contributed by atoms with van der Waals surface area (Å²) in [4.78, 5) is 30.8. The lowest BCUT2D eigenvalue weighted by atomic mass is 9.97. The van der Waals surface area contributed by atoms with Gasteiger partial charge in [-0.3, -0.25) is 14.5 Å². The smallest absolute Gasteiger partial charge is 0.252 e. The monoisotopic (exact) mass is 339 g/mol. The average molecular weight is 339 g/mol. The number of aromatic nitrogens is 1. The van der Waals surface area contributed by atoms with Crippen LogP contribution in [0.2, 0.25) is 0 Å². The summed E-state index contributed by atoms with van der Waals surface area (Å²) in [7, 11) is 0. The van der Waals surface area contributed by atoms with Crippen LogP contribution in [0.15, 0.2) is 23.1 Å². The van der Waals surface area contributed by atoms with E-state index in [9.17, 15) is 9.59 Å². The number of hydrogen-bond acceptors (Lipinski definition) is 3. The third-order valence-electron chi connectivity index (χ3n) is 4.63. The molecule has 2 heterocycles. The molecule has 0 aromatic carbocycles. The van der Waals surface area contributed by atoms with Gasteiger partial charge < -0.3 is 9.88 Å². The number of hydrogen-bond donors (Lipinski definition) is 1. The molecule has 0 radical (unpaired) electrons. The lowest BCUT2D eigenvalue weighted by molar-refractivity contribution is -0.130. The summed E-state index contributed by atoms with van der Waals surface area (Å²) >= 11 is 0. The van der Waals surface area contributed by atoms with E-state index in [0.717, 1.165) is 37.8 Å². The fraction of sp³-hybridized carbons (Fsp3) is 0.500. The Labute approximate surface area is 149 Å². The second-order valence-electron chi connectivity index (χ2n) is 6.34. The van der Waals surface area contributed by atoms with Crippen LogP contribution in [0.4, 0.5) is 0 Å². The van der Waals surface area contributed by atoms with Crippen LogP contribution in [0, 0.1) is 24.7 Å². The Morgan fingerprint density at radius 2 is 2.08 bits per heavy atom. The van der Waals surface area contributed by atoms with Gasteiger partial charge in [-0.15, -0.1) is 12.8 Å². The first-order valence-corrected chi connectivity index (χ1v) is 8.71. The van der Waals surface area contributed by atoms with Gasteiger partial charge in [0.25, 0.3) is 5.56 Å². The van der Waals surface area contributed by atoms with Gasteiger partial charge in [-0.1, -0.05) is 24.3 Å². The van der Waals surface area contributed by atoms with Crippen LogP contribution in [-0.4, -0.2) is 46.4 Å². The van der Waals surface area contributed by atoms with Crippen molar-refractivity contribution in [2.45, 2.75) is 44.7 Å². The van der Waals surface area contributed by atoms with Crippen LogP contribution in [0.3, 0.4) is 0 Å². The lowest BCUT2D eigenvalue weighted by Gasteiger charge is -2.35. The largest absolute Gasteiger partial charge is 0.329 e. The average Bonchev–Trinajstić information content (AvgIpc) is 2.62. The number of rotatable bonds is 7. The molecule has 1 aromatic rings. The molecule has 1 aliphatic rings. The molecule has 1 aromatic heterocycles. The summed E-state index contributed by atoms with van der Waals surface area (Å²) in [6.07, 6.45) is 16.8. The Morgan fingerprint density at radius 1 is 1.32 bits per heavy atom. The second-order valence-corrected chi connectivity index (χ2v) is 6.34.